The monoisotopic (exact) mass is 473 g/mol. The first-order valence-electron chi connectivity index (χ1n) is 10.0. The number of halogens is 1. The summed E-state index contributed by atoms with van der Waals surface area (Å²) < 4.78 is 27.7. The SMILES string of the molecule is O=C(O)CCC/C=C\CCCCCCCCCS(=O)(=O)Nc1ccc(Br)cc1. The molecule has 5 nitrogen and oxygen atoms in total. The Morgan fingerprint density at radius 1 is 0.893 bits per heavy atom. The highest BCUT2D eigenvalue weighted by atomic mass is 79.9. The molecule has 2 N–H and O–H groups in total. The van der Waals surface area contributed by atoms with Gasteiger partial charge in [0, 0.05) is 16.6 Å². The highest BCUT2D eigenvalue weighted by Crippen LogP contribution is 2.16. The molecule has 0 aromatic heterocycles. The van der Waals surface area contributed by atoms with Crippen molar-refractivity contribution < 1.29 is 18.3 Å². The van der Waals surface area contributed by atoms with Gasteiger partial charge in [0.1, 0.15) is 0 Å². The van der Waals surface area contributed by atoms with Gasteiger partial charge in [-0.3, -0.25) is 9.52 Å². The van der Waals surface area contributed by atoms with Crippen molar-refractivity contribution in [2.24, 2.45) is 0 Å². The number of nitrogens with one attached hydrogen (secondary N) is 1. The molecule has 1 aromatic carbocycles. The van der Waals surface area contributed by atoms with E-state index in [0.29, 0.717) is 18.5 Å². The van der Waals surface area contributed by atoms with Crippen molar-refractivity contribution in [1.29, 1.82) is 0 Å². The maximum Gasteiger partial charge on any atom is 0.303 e. The first kappa shape index (κ1) is 24.7. The third-order valence-corrected chi connectivity index (χ3v) is 6.23. The van der Waals surface area contributed by atoms with Gasteiger partial charge in [-0.2, -0.15) is 0 Å². The van der Waals surface area contributed by atoms with Crippen LogP contribution < -0.4 is 4.72 Å². The van der Waals surface area contributed by atoms with Gasteiger partial charge in [0.15, 0.2) is 0 Å². The maximum absolute atomic E-state index is 12.1. The van der Waals surface area contributed by atoms with Crippen molar-refractivity contribution >= 4 is 37.6 Å². The molecule has 0 aliphatic rings. The van der Waals surface area contributed by atoms with E-state index in [1.54, 1.807) is 12.1 Å². The first-order chi connectivity index (χ1) is 13.4. The average molecular weight is 474 g/mol. The molecular formula is C21H32BrNO4S. The first-order valence-corrected chi connectivity index (χ1v) is 12.5. The van der Waals surface area contributed by atoms with Crippen LogP contribution in [0.2, 0.25) is 0 Å². The topological polar surface area (TPSA) is 83.5 Å². The van der Waals surface area contributed by atoms with Gasteiger partial charge in [-0.05, 0) is 56.4 Å². The average Bonchev–Trinajstić information content (AvgIpc) is 2.63. The zero-order valence-corrected chi connectivity index (χ0v) is 18.8. The number of carboxylic acid groups (broad SMARTS) is 1. The van der Waals surface area contributed by atoms with Gasteiger partial charge in [-0.15, -0.1) is 0 Å². The number of aliphatic carboxylic acids is 1. The Morgan fingerprint density at radius 2 is 1.43 bits per heavy atom. The third-order valence-electron chi connectivity index (χ3n) is 4.33. The van der Waals surface area contributed by atoms with Crippen LogP contribution in [0.1, 0.15) is 70.6 Å². The number of allylic oxidation sites excluding steroid dienone is 2. The quantitative estimate of drug-likeness (QED) is 0.223. The highest BCUT2D eigenvalue weighted by Gasteiger charge is 2.09. The Morgan fingerprint density at radius 3 is 2.04 bits per heavy atom. The Hall–Kier alpha value is -1.34. The van der Waals surface area contributed by atoms with Gasteiger partial charge in [0.2, 0.25) is 10.0 Å². The van der Waals surface area contributed by atoms with Crippen LogP contribution in [0.3, 0.4) is 0 Å². The number of rotatable bonds is 16. The number of anilines is 1. The summed E-state index contributed by atoms with van der Waals surface area (Å²) in [5, 5.41) is 8.54. The number of hydrogen-bond donors (Lipinski definition) is 2. The molecule has 0 fully saturated rings. The molecule has 7 heteroatoms. The van der Waals surface area contributed by atoms with Crippen LogP contribution in [0.25, 0.3) is 0 Å². The van der Waals surface area contributed by atoms with Crippen LogP contribution in [-0.2, 0) is 14.8 Å². The van der Waals surface area contributed by atoms with Gasteiger partial charge in [-0.1, -0.05) is 60.2 Å². The summed E-state index contributed by atoms with van der Waals surface area (Å²) in [6.07, 6.45) is 14.4. The molecule has 0 aliphatic heterocycles. The van der Waals surface area contributed by atoms with E-state index in [-0.39, 0.29) is 12.2 Å². The number of sulfonamides is 1. The number of benzene rings is 1. The molecule has 28 heavy (non-hydrogen) atoms. The molecule has 0 radical (unpaired) electrons. The molecular weight excluding hydrogens is 442 g/mol. The Kier molecular flexibility index (Phi) is 12.9. The smallest absolute Gasteiger partial charge is 0.303 e. The van der Waals surface area contributed by atoms with Crippen molar-refractivity contribution in [3.8, 4) is 0 Å². The summed E-state index contributed by atoms with van der Waals surface area (Å²) in [6, 6.07) is 7.11. The summed E-state index contributed by atoms with van der Waals surface area (Å²) in [5.74, 6) is -0.567. The molecule has 1 aromatic rings. The van der Waals surface area contributed by atoms with E-state index < -0.39 is 16.0 Å². The lowest BCUT2D eigenvalue weighted by molar-refractivity contribution is -0.137. The summed E-state index contributed by atoms with van der Waals surface area (Å²) >= 11 is 3.33. The van der Waals surface area contributed by atoms with Crippen molar-refractivity contribution in [1.82, 2.24) is 0 Å². The van der Waals surface area contributed by atoms with Crippen LogP contribution in [0.4, 0.5) is 5.69 Å². The standard InChI is InChI=1S/C21H32BrNO4S/c22-19-14-16-20(17-15-19)23-28(26,27)18-12-10-8-6-4-2-1-3-5-7-9-11-13-21(24)25/h5,7,14-17,23H,1-4,6,8-13,18H2,(H,24,25)/b7-5-. The van der Waals surface area contributed by atoms with Gasteiger partial charge < -0.3 is 5.11 Å². The Labute approximate surface area is 177 Å². The minimum atomic E-state index is -3.27. The fourth-order valence-corrected chi connectivity index (χ4v) is 4.24. The second-order valence-corrected chi connectivity index (χ2v) is 9.71. The zero-order chi connectivity index (χ0) is 20.7. The van der Waals surface area contributed by atoms with Crippen molar-refractivity contribution in [3.63, 3.8) is 0 Å². The molecule has 158 valence electrons. The molecule has 0 atom stereocenters. The van der Waals surface area contributed by atoms with Gasteiger partial charge in [0.05, 0.1) is 5.75 Å². The Balaban J connectivity index is 1.96. The minimum Gasteiger partial charge on any atom is -0.481 e. The van der Waals surface area contributed by atoms with Crippen LogP contribution in [0.15, 0.2) is 40.9 Å². The lowest BCUT2D eigenvalue weighted by atomic mass is 10.1. The predicted octanol–water partition coefficient (Wildman–Crippen LogP) is 6.12. The molecule has 0 bridgehead atoms. The lowest BCUT2D eigenvalue weighted by Gasteiger charge is -2.08. The molecule has 1 rings (SSSR count). The van der Waals surface area contributed by atoms with Gasteiger partial charge in [0.25, 0.3) is 0 Å². The van der Waals surface area contributed by atoms with Crippen molar-refractivity contribution in [2.45, 2.75) is 70.6 Å². The van der Waals surface area contributed by atoms with E-state index in [0.717, 1.165) is 43.0 Å². The molecule has 0 heterocycles. The minimum absolute atomic E-state index is 0.162. The van der Waals surface area contributed by atoms with Crippen LogP contribution >= 0.6 is 15.9 Å². The normalized spacial score (nSPS) is 11.8. The van der Waals surface area contributed by atoms with Crippen LogP contribution in [-0.4, -0.2) is 25.2 Å². The molecule has 0 unspecified atom stereocenters. The Bertz CT molecular complexity index is 687. The molecule has 0 aliphatic carbocycles. The van der Waals surface area contributed by atoms with Crippen LogP contribution in [0, 0.1) is 0 Å². The fraction of sp³-hybridized carbons (Fsp3) is 0.571. The van der Waals surface area contributed by atoms with Crippen LogP contribution in [0.5, 0.6) is 0 Å². The van der Waals surface area contributed by atoms with E-state index in [9.17, 15) is 13.2 Å². The van der Waals surface area contributed by atoms with Crippen molar-refractivity contribution in [3.05, 3.63) is 40.9 Å². The summed E-state index contributed by atoms with van der Waals surface area (Å²) in [7, 11) is -3.27. The van der Waals surface area contributed by atoms with E-state index in [1.165, 1.54) is 12.8 Å². The number of carbonyl (C=O) groups is 1. The number of unbranched alkanes of at least 4 members (excludes halogenated alkanes) is 8. The molecule has 0 amide bonds. The zero-order valence-electron chi connectivity index (χ0n) is 16.4. The van der Waals surface area contributed by atoms with E-state index in [4.69, 9.17) is 5.11 Å². The van der Waals surface area contributed by atoms with E-state index in [1.807, 2.05) is 12.1 Å². The number of hydrogen-bond acceptors (Lipinski definition) is 3. The van der Waals surface area contributed by atoms with E-state index in [2.05, 4.69) is 32.8 Å². The summed E-state index contributed by atoms with van der Waals surface area (Å²) in [5.41, 5.74) is 0.596. The molecule has 0 saturated carbocycles. The van der Waals surface area contributed by atoms with Crippen molar-refractivity contribution in [2.75, 3.05) is 10.5 Å². The molecule has 0 spiro atoms. The fourth-order valence-electron chi connectivity index (χ4n) is 2.79. The van der Waals surface area contributed by atoms with E-state index >= 15 is 0 Å². The lowest BCUT2D eigenvalue weighted by Crippen LogP contribution is -2.16. The predicted molar refractivity (Wildman–Crippen MR) is 119 cm³/mol. The summed E-state index contributed by atoms with van der Waals surface area (Å²) in [4.78, 5) is 10.4. The highest BCUT2D eigenvalue weighted by molar-refractivity contribution is 9.10. The second kappa shape index (κ2) is 14.6. The largest absolute Gasteiger partial charge is 0.481 e. The second-order valence-electron chi connectivity index (χ2n) is 6.95. The molecule has 0 saturated heterocycles. The summed E-state index contributed by atoms with van der Waals surface area (Å²) in [6.45, 7) is 0. The maximum atomic E-state index is 12.1. The van der Waals surface area contributed by atoms with Gasteiger partial charge >= 0.3 is 5.97 Å². The van der Waals surface area contributed by atoms with Gasteiger partial charge in [-0.25, -0.2) is 8.42 Å². The number of carboxylic acids is 1. The third kappa shape index (κ3) is 13.8.